The van der Waals surface area contributed by atoms with Gasteiger partial charge in [-0.1, -0.05) is 0 Å². The van der Waals surface area contributed by atoms with Gasteiger partial charge in [0.15, 0.2) is 0 Å². The highest BCUT2D eigenvalue weighted by Gasteiger charge is 2.24. The minimum Gasteiger partial charge on any atom is -0.383 e. The summed E-state index contributed by atoms with van der Waals surface area (Å²) in [5.74, 6) is -0.570. The molecule has 4 aromatic rings. The van der Waals surface area contributed by atoms with Crippen LogP contribution < -0.4 is 27.4 Å². The molecule has 0 saturated heterocycles. The van der Waals surface area contributed by atoms with E-state index in [0.717, 1.165) is 6.07 Å². The Kier molecular flexibility index (Phi) is 9.82. The predicted octanol–water partition coefficient (Wildman–Crippen LogP) is 4.13. The standard InChI is InChI=1S/C26H26FN7O10S3/c1-13(28)12-30-17-6-15(27)7-18(8-17)31-16-2-3-21(22(9-16)32-26(29)35)33-34-23-11-20-14(5-25(23)47(42,43)44)4-19(45(36,37)38)10-24(20)46(39,40)41/h2-11,13,30-31H,12,28H2,1H3,(H3,29,32,35)(H,36,37,38)(H,39,40,41)(H,42,43,44)/b34-33+. The van der Waals surface area contributed by atoms with Gasteiger partial charge in [0.25, 0.3) is 30.4 Å². The lowest BCUT2D eigenvalue weighted by Crippen LogP contribution is -2.25. The number of rotatable bonds is 11. The molecule has 0 aliphatic carbocycles. The second kappa shape index (κ2) is 13.2. The molecule has 0 heterocycles. The molecule has 250 valence electrons. The second-order valence-electron chi connectivity index (χ2n) is 10.0. The topological polar surface area (TPSA) is 293 Å². The number of nitrogens with one attached hydrogen (secondary N) is 3. The Labute approximate surface area is 267 Å². The summed E-state index contributed by atoms with van der Waals surface area (Å²) in [7, 11) is -15.3. The molecule has 21 heteroatoms. The average Bonchev–Trinajstić information content (AvgIpc) is 2.92. The summed E-state index contributed by atoms with van der Waals surface area (Å²) in [5, 5.41) is 15.0. The molecular weight excluding hydrogens is 686 g/mol. The van der Waals surface area contributed by atoms with E-state index in [1.54, 1.807) is 13.0 Å². The van der Waals surface area contributed by atoms with E-state index < -0.39 is 73.3 Å². The Morgan fingerprint density at radius 1 is 0.809 bits per heavy atom. The molecule has 0 saturated carbocycles. The van der Waals surface area contributed by atoms with E-state index in [-0.39, 0.29) is 17.4 Å². The normalized spacial score (nSPS) is 13.1. The zero-order valence-corrected chi connectivity index (χ0v) is 26.4. The van der Waals surface area contributed by atoms with Crippen LogP contribution in [0.4, 0.5) is 43.3 Å². The van der Waals surface area contributed by atoms with E-state index in [0.29, 0.717) is 41.8 Å². The lowest BCUT2D eigenvalue weighted by atomic mass is 10.1. The highest BCUT2D eigenvalue weighted by Crippen LogP contribution is 2.37. The Hall–Kier alpha value is -4.77. The number of amides is 2. The van der Waals surface area contributed by atoms with Crippen molar-refractivity contribution < 1.29 is 48.1 Å². The number of azo groups is 1. The third-order valence-electron chi connectivity index (χ3n) is 6.16. The van der Waals surface area contributed by atoms with Crippen molar-refractivity contribution in [2.45, 2.75) is 27.7 Å². The van der Waals surface area contributed by atoms with Gasteiger partial charge in [-0.3, -0.25) is 13.7 Å². The van der Waals surface area contributed by atoms with Gasteiger partial charge < -0.3 is 27.4 Å². The zero-order valence-electron chi connectivity index (χ0n) is 23.9. The van der Waals surface area contributed by atoms with Crippen LogP contribution in [0, 0.1) is 5.82 Å². The zero-order chi connectivity index (χ0) is 34.9. The van der Waals surface area contributed by atoms with E-state index in [2.05, 4.69) is 26.2 Å². The van der Waals surface area contributed by atoms with Crippen molar-refractivity contribution in [2.24, 2.45) is 21.7 Å². The number of carbonyl (C=O) groups excluding carboxylic acids is 1. The van der Waals surface area contributed by atoms with Gasteiger partial charge in [0.05, 0.1) is 10.6 Å². The number of hydrogen-bond acceptors (Lipinski definition) is 12. The van der Waals surface area contributed by atoms with Crippen molar-refractivity contribution in [2.75, 3.05) is 22.5 Å². The molecule has 0 radical (unpaired) electrons. The largest absolute Gasteiger partial charge is 0.383 e. The van der Waals surface area contributed by atoms with Crippen LogP contribution in [0.15, 0.2) is 85.6 Å². The van der Waals surface area contributed by atoms with Gasteiger partial charge in [-0.25, -0.2) is 9.18 Å². The molecule has 0 spiro atoms. The number of primary amides is 1. The maximum Gasteiger partial charge on any atom is 0.316 e. The molecule has 47 heavy (non-hydrogen) atoms. The highest BCUT2D eigenvalue weighted by molar-refractivity contribution is 7.87. The van der Waals surface area contributed by atoms with Gasteiger partial charge >= 0.3 is 6.03 Å². The fourth-order valence-electron chi connectivity index (χ4n) is 4.22. The summed E-state index contributed by atoms with van der Waals surface area (Å²) in [6.45, 7) is 2.13. The van der Waals surface area contributed by atoms with Gasteiger partial charge in [-0.05, 0) is 73.0 Å². The number of fused-ring (bicyclic) bond motifs is 1. The first kappa shape index (κ1) is 35.1. The SMILES string of the molecule is CC(N)CNc1cc(F)cc(Nc2ccc(/N=N/c3cc4c(S(=O)(=O)O)cc(S(=O)(=O)O)cc4cc3S(=O)(=O)O)c(NC(N)=O)c2)c1. The summed E-state index contributed by atoms with van der Waals surface area (Å²) in [6, 6.07) is 9.41. The monoisotopic (exact) mass is 711 g/mol. The number of benzene rings is 4. The molecular formula is C26H26FN7O10S3. The van der Waals surface area contributed by atoms with Gasteiger partial charge in [0, 0.05) is 35.0 Å². The number of hydrogen-bond donors (Lipinski definition) is 8. The van der Waals surface area contributed by atoms with Crippen LogP contribution in [-0.2, 0) is 30.4 Å². The molecule has 0 aliphatic heterocycles. The van der Waals surface area contributed by atoms with E-state index in [1.807, 2.05) is 0 Å². The lowest BCUT2D eigenvalue weighted by Gasteiger charge is -2.14. The molecule has 1 atom stereocenters. The number of anilines is 4. The Morgan fingerprint density at radius 3 is 2.04 bits per heavy atom. The van der Waals surface area contributed by atoms with E-state index in [9.17, 15) is 48.1 Å². The highest BCUT2D eigenvalue weighted by atomic mass is 32.2. The first-order valence-corrected chi connectivity index (χ1v) is 17.3. The number of carbonyl (C=O) groups is 1. The average molecular weight is 712 g/mol. The smallest absolute Gasteiger partial charge is 0.316 e. The Bertz CT molecular complexity index is 2260. The molecule has 0 bridgehead atoms. The van der Waals surface area contributed by atoms with E-state index >= 15 is 0 Å². The van der Waals surface area contributed by atoms with Gasteiger partial charge in [-0.2, -0.15) is 25.3 Å². The third kappa shape index (κ3) is 8.94. The van der Waals surface area contributed by atoms with Gasteiger partial charge in [-0.15, -0.1) is 10.2 Å². The van der Waals surface area contributed by atoms with Gasteiger partial charge in [0.1, 0.15) is 27.0 Å². The van der Waals surface area contributed by atoms with Crippen molar-refractivity contribution in [3.05, 3.63) is 66.5 Å². The minimum absolute atomic E-state index is 0.0800. The molecule has 0 aliphatic rings. The molecule has 10 N–H and O–H groups in total. The van der Waals surface area contributed by atoms with Crippen LogP contribution in [0.3, 0.4) is 0 Å². The fourth-order valence-corrected chi connectivity index (χ4v) is 6.20. The summed E-state index contributed by atoms with van der Waals surface area (Å²) >= 11 is 0. The number of halogens is 1. The maximum atomic E-state index is 14.3. The fraction of sp³-hybridized carbons (Fsp3) is 0.115. The number of nitrogens with zero attached hydrogens (tertiary/aromatic N) is 2. The predicted molar refractivity (Wildman–Crippen MR) is 169 cm³/mol. The van der Waals surface area contributed by atoms with Crippen molar-refractivity contribution in [3.63, 3.8) is 0 Å². The summed E-state index contributed by atoms with van der Waals surface area (Å²) in [6.07, 6.45) is 0. The summed E-state index contributed by atoms with van der Waals surface area (Å²) < 4.78 is 115. The maximum absolute atomic E-state index is 14.3. The molecule has 17 nitrogen and oxygen atoms in total. The molecule has 0 fully saturated rings. The van der Waals surface area contributed by atoms with Crippen LogP contribution in [0.2, 0.25) is 0 Å². The van der Waals surface area contributed by atoms with Crippen LogP contribution >= 0.6 is 0 Å². The van der Waals surface area contributed by atoms with E-state index in [4.69, 9.17) is 11.5 Å². The first-order chi connectivity index (χ1) is 21.7. The van der Waals surface area contributed by atoms with E-state index in [1.165, 1.54) is 30.3 Å². The summed E-state index contributed by atoms with van der Waals surface area (Å²) in [4.78, 5) is 8.73. The van der Waals surface area contributed by atoms with Gasteiger partial charge in [0.2, 0.25) is 0 Å². The second-order valence-corrected chi connectivity index (χ2v) is 14.2. The third-order valence-corrected chi connectivity index (χ3v) is 8.76. The van der Waals surface area contributed by atoms with Crippen LogP contribution in [0.1, 0.15) is 6.92 Å². The first-order valence-electron chi connectivity index (χ1n) is 12.9. The minimum atomic E-state index is -5.17. The van der Waals surface area contributed by atoms with Crippen LogP contribution in [0.5, 0.6) is 0 Å². The molecule has 4 rings (SSSR count). The van der Waals surface area contributed by atoms with Crippen molar-refractivity contribution in [3.8, 4) is 0 Å². The Balaban J connectivity index is 1.81. The van der Waals surface area contributed by atoms with Crippen LogP contribution in [0.25, 0.3) is 10.8 Å². The quantitative estimate of drug-likeness (QED) is 0.0803. The van der Waals surface area contributed by atoms with Crippen molar-refractivity contribution in [1.82, 2.24) is 0 Å². The number of urea groups is 1. The molecule has 4 aromatic carbocycles. The van der Waals surface area contributed by atoms with Crippen molar-refractivity contribution in [1.29, 1.82) is 0 Å². The van der Waals surface area contributed by atoms with Crippen molar-refractivity contribution >= 4 is 81.3 Å². The number of nitrogens with two attached hydrogens (primary N) is 2. The molecule has 2 amide bonds. The lowest BCUT2D eigenvalue weighted by molar-refractivity contribution is 0.259. The van der Waals surface area contributed by atoms with Crippen LogP contribution in [-0.4, -0.2) is 57.5 Å². The summed E-state index contributed by atoms with van der Waals surface area (Å²) in [5.41, 5.74) is 11.2. The molecule has 1 unspecified atom stereocenters. The Morgan fingerprint density at radius 2 is 1.45 bits per heavy atom. The molecule has 0 aromatic heterocycles.